The second kappa shape index (κ2) is 4.76. The molecule has 3 heteroatoms. The van der Waals surface area contributed by atoms with Gasteiger partial charge < -0.3 is 9.84 Å². The van der Waals surface area contributed by atoms with E-state index in [0.29, 0.717) is 17.9 Å². The summed E-state index contributed by atoms with van der Waals surface area (Å²) in [6.07, 6.45) is 8.08. The molecule has 3 aliphatic rings. The summed E-state index contributed by atoms with van der Waals surface area (Å²) >= 11 is 0. The lowest BCUT2D eigenvalue weighted by molar-refractivity contribution is -0.153. The molecule has 3 rings (SSSR count). The molecule has 2 aliphatic carbocycles. The highest BCUT2D eigenvalue weighted by atomic mass is 16.6. The van der Waals surface area contributed by atoms with Crippen LogP contribution in [0.5, 0.6) is 0 Å². The minimum atomic E-state index is -0.577. The van der Waals surface area contributed by atoms with Gasteiger partial charge in [0, 0.05) is 0 Å². The van der Waals surface area contributed by atoms with E-state index in [-0.39, 0.29) is 6.10 Å². The van der Waals surface area contributed by atoms with Crippen molar-refractivity contribution in [3.8, 4) is 0 Å². The minimum Gasteiger partial charge on any atom is -0.481 e. The van der Waals surface area contributed by atoms with Crippen molar-refractivity contribution in [2.45, 2.75) is 71.0 Å². The topological polar surface area (TPSA) is 49.8 Å². The van der Waals surface area contributed by atoms with E-state index < -0.39 is 11.4 Å². The van der Waals surface area contributed by atoms with Gasteiger partial charge in [0.1, 0.15) is 0 Å². The average molecular weight is 266 g/mol. The van der Waals surface area contributed by atoms with Gasteiger partial charge in [0.15, 0.2) is 0 Å². The third-order valence-electron chi connectivity index (χ3n) is 5.67. The zero-order valence-electron chi connectivity index (χ0n) is 12.1. The number of carboxylic acid groups (broad SMARTS) is 1. The molecule has 0 amide bonds. The van der Waals surface area contributed by atoms with E-state index in [1.165, 1.54) is 25.7 Å². The van der Waals surface area contributed by atoms with Crippen LogP contribution in [0.1, 0.15) is 58.8 Å². The van der Waals surface area contributed by atoms with E-state index in [1.807, 2.05) is 0 Å². The Bertz CT molecular complexity index is 367. The second-order valence-corrected chi connectivity index (χ2v) is 7.45. The van der Waals surface area contributed by atoms with Crippen molar-refractivity contribution in [3.05, 3.63) is 0 Å². The lowest BCUT2D eigenvalue weighted by atomic mass is 9.63. The Morgan fingerprint density at radius 3 is 2.74 bits per heavy atom. The van der Waals surface area contributed by atoms with Crippen LogP contribution in [-0.4, -0.2) is 23.3 Å². The first-order chi connectivity index (χ1) is 9.00. The monoisotopic (exact) mass is 266 g/mol. The number of epoxide rings is 1. The number of carbonyl (C=O) groups is 1. The van der Waals surface area contributed by atoms with Crippen molar-refractivity contribution in [2.75, 3.05) is 0 Å². The van der Waals surface area contributed by atoms with Gasteiger partial charge in [0.05, 0.1) is 17.6 Å². The Morgan fingerprint density at radius 2 is 2.11 bits per heavy atom. The summed E-state index contributed by atoms with van der Waals surface area (Å²) in [4.78, 5) is 11.9. The summed E-state index contributed by atoms with van der Waals surface area (Å²) in [5, 5.41) is 9.78. The Labute approximate surface area is 115 Å². The van der Waals surface area contributed by atoms with Crippen molar-refractivity contribution in [1.29, 1.82) is 0 Å². The molecular weight excluding hydrogens is 240 g/mol. The molecule has 19 heavy (non-hydrogen) atoms. The van der Waals surface area contributed by atoms with Gasteiger partial charge in [-0.15, -0.1) is 0 Å². The van der Waals surface area contributed by atoms with E-state index >= 15 is 0 Å². The molecule has 6 unspecified atom stereocenters. The predicted octanol–water partition coefficient (Wildman–Crippen LogP) is 3.47. The number of ether oxygens (including phenoxy) is 1. The van der Waals surface area contributed by atoms with Crippen molar-refractivity contribution >= 4 is 5.97 Å². The molecule has 3 nitrogen and oxygen atoms in total. The maximum absolute atomic E-state index is 11.9. The molecule has 0 aromatic heterocycles. The molecule has 1 N–H and O–H groups in total. The first kappa shape index (κ1) is 13.4. The molecule has 0 radical (unpaired) electrons. The molecule has 0 aromatic rings. The number of aliphatic carboxylic acids is 1. The lowest BCUT2D eigenvalue weighted by Crippen LogP contribution is -2.41. The van der Waals surface area contributed by atoms with Gasteiger partial charge in [0.2, 0.25) is 0 Å². The lowest BCUT2D eigenvalue weighted by Gasteiger charge is -2.39. The smallest absolute Gasteiger partial charge is 0.309 e. The fourth-order valence-corrected chi connectivity index (χ4v) is 4.75. The Hall–Kier alpha value is -0.570. The molecule has 1 aliphatic heterocycles. The summed E-state index contributed by atoms with van der Waals surface area (Å²) in [6.45, 7) is 4.47. The third-order valence-corrected chi connectivity index (χ3v) is 5.67. The molecule has 1 saturated heterocycles. The fraction of sp³-hybridized carbons (Fsp3) is 0.938. The van der Waals surface area contributed by atoms with Gasteiger partial charge in [-0.05, 0) is 43.4 Å². The van der Waals surface area contributed by atoms with Crippen LogP contribution in [0.4, 0.5) is 0 Å². The molecule has 2 saturated carbocycles. The number of hydrogen-bond donors (Lipinski definition) is 1. The molecule has 0 bridgehead atoms. The van der Waals surface area contributed by atoms with E-state index in [4.69, 9.17) is 4.74 Å². The Kier molecular flexibility index (Phi) is 3.36. The highest BCUT2D eigenvalue weighted by Gasteiger charge is 2.57. The highest BCUT2D eigenvalue weighted by Crippen LogP contribution is 2.53. The summed E-state index contributed by atoms with van der Waals surface area (Å²) in [7, 11) is 0. The van der Waals surface area contributed by atoms with E-state index in [9.17, 15) is 9.90 Å². The maximum atomic E-state index is 11.9. The van der Waals surface area contributed by atoms with Crippen LogP contribution in [-0.2, 0) is 9.53 Å². The quantitative estimate of drug-likeness (QED) is 0.796. The Morgan fingerprint density at radius 1 is 1.32 bits per heavy atom. The van der Waals surface area contributed by atoms with Gasteiger partial charge in [0.25, 0.3) is 0 Å². The fourth-order valence-electron chi connectivity index (χ4n) is 4.75. The van der Waals surface area contributed by atoms with Crippen molar-refractivity contribution in [3.63, 3.8) is 0 Å². The summed E-state index contributed by atoms with van der Waals surface area (Å²) in [5.74, 6) is 1.22. The molecule has 0 spiro atoms. The van der Waals surface area contributed by atoms with Gasteiger partial charge in [-0.2, -0.15) is 0 Å². The van der Waals surface area contributed by atoms with Gasteiger partial charge in [-0.1, -0.05) is 33.1 Å². The van der Waals surface area contributed by atoms with Gasteiger partial charge >= 0.3 is 5.97 Å². The van der Waals surface area contributed by atoms with Crippen LogP contribution in [0, 0.1) is 23.2 Å². The molecule has 3 fully saturated rings. The summed E-state index contributed by atoms with van der Waals surface area (Å²) in [5.41, 5.74) is -0.501. The Balaban J connectivity index is 1.71. The zero-order chi connectivity index (χ0) is 13.6. The standard InChI is InChI=1S/C16H26O3/c1-10-4-3-5-12(6-10)8-16(15(17)18)7-11(2)14-13(9-16)19-14/h10-14H,3-9H2,1-2H3,(H,17,18). The molecule has 0 aromatic carbocycles. The van der Waals surface area contributed by atoms with Crippen molar-refractivity contribution in [2.24, 2.45) is 23.2 Å². The van der Waals surface area contributed by atoms with E-state index in [2.05, 4.69) is 13.8 Å². The number of rotatable bonds is 3. The van der Waals surface area contributed by atoms with Crippen molar-refractivity contribution in [1.82, 2.24) is 0 Å². The molecule has 1 heterocycles. The number of fused-ring (bicyclic) bond motifs is 1. The second-order valence-electron chi connectivity index (χ2n) is 7.45. The average Bonchev–Trinajstić information content (AvgIpc) is 3.08. The minimum absolute atomic E-state index is 0.237. The third kappa shape index (κ3) is 2.54. The van der Waals surface area contributed by atoms with Gasteiger partial charge in [-0.3, -0.25) is 4.79 Å². The molecule has 6 atom stereocenters. The summed E-state index contributed by atoms with van der Waals surface area (Å²) < 4.78 is 5.64. The van der Waals surface area contributed by atoms with Gasteiger partial charge in [-0.25, -0.2) is 0 Å². The van der Waals surface area contributed by atoms with Crippen LogP contribution in [0.15, 0.2) is 0 Å². The van der Waals surface area contributed by atoms with Crippen molar-refractivity contribution < 1.29 is 14.6 Å². The molecule has 108 valence electrons. The van der Waals surface area contributed by atoms with Crippen LogP contribution < -0.4 is 0 Å². The maximum Gasteiger partial charge on any atom is 0.309 e. The SMILES string of the molecule is CC1CCCC(CC2(C(=O)O)CC(C)C3OC3C2)C1. The highest BCUT2D eigenvalue weighted by molar-refractivity contribution is 5.75. The number of hydrogen-bond acceptors (Lipinski definition) is 2. The van der Waals surface area contributed by atoms with Crippen LogP contribution in [0.2, 0.25) is 0 Å². The van der Waals surface area contributed by atoms with Crippen LogP contribution in [0.3, 0.4) is 0 Å². The predicted molar refractivity (Wildman–Crippen MR) is 72.9 cm³/mol. The zero-order valence-corrected chi connectivity index (χ0v) is 12.1. The summed E-state index contributed by atoms with van der Waals surface area (Å²) in [6, 6.07) is 0. The normalized spacial score (nSPS) is 49.5. The first-order valence-corrected chi connectivity index (χ1v) is 7.89. The first-order valence-electron chi connectivity index (χ1n) is 7.89. The van der Waals surface area contributed by atoms with Crippen LogP contribution >= 0.6 is 0 Å². The van der Waals surface area contributed by atoms with Crippen LogP contribution in [0.25, 0.3) is 0 Å². The van der Waals surface area contributed by atoms with E-state index in [1.54, 1.807) is 0 Å². The number of carboxylic acids is 1. The van der Waals surface area contributed by atoms with E-state index in [0.717, 1.165) is 25.2 Å². The largest absolute Gasteiger partial charge is 0.481 e. The molecular formula is C16H26O3.